The average Bonchev–Trinajstić information content (AvgIpc) is 2.70. The lowest BCUT2D eigenvalue weighted by Gasteiger charge is -2.39. The molecule has 2 rings (SSSR count). The van der Waals surface area contributed by atoms with Crippen LogP contribution in [0.2, 0.25) is 0 Å². The van der Waals surface area contributed by atoms with E-state index in [0.29, 0.717) is 5.56 Å². The molecular formula is C22H24O10. The fraction of sp³-hybridized carbons (Fsp3) is 0.409. The van der Waals surface area contributed by atoms with Crippen LogP contribution < -0.4 is 0 Å². The van der Waals surface area contributed by atoms with Crippen LogP contribution in [0.3, 0.4) is 0 Å². The molecule has 0 fully saturated rings. The molecule has 0 saturated heterocycles. The van der Waals surface area contributed by atoms with Crippen molar-refractivity contribution in [1.82, 2.24) is 0 Å². The zero-order valence-corrected chi connectivity index (χ0v) is 18.1. The van der Waals surface area contributed by atoms with Crippen molar-refractivity contribution in [3.8, 4) is 0 Å². The molecule has 0 aromatic heterocycles. The second-order valence-electron chi connectivity index (χ2n) is 6.94. The van der Waals surface area contributed by atoms with E-state index in [2.05, 4.69) is 0 Å². The molecule has 0 radical (unpaired) electrons. The van der Waals surface area contributed by atoms with Crippen LogP contribution in [-0.2, 0) is 42.9 Å². The Morgan fingerprint density at radius 2 is 1.25 bits per heavy atom. The van der Waals surface area contributed by atoms with Crippen molar-refractivity contribution >= 4 is 29.8 Å². The Hall–Kier alpha value is -3.69. The van der Waals surface area contributed by atoms with Crippen molar-refractivity contribution in [3.63, 3.8) is 0 Å². The summed E-state index contributed by atoms with van der Waals surface area (Å²) in [6.45, 7) is 4.15. The summed E-state index contributed by atoms with van der Waals surface area (Å²) >= 11 is 0. The fourth-order valence-corrected chi connectivity index (χ4v) is 3.17. The molecule has 10 nitrogen and oxygen atoms in total. The largest absolute Gasteiger partial charge is 0.457 e. The summed E-state index contributed by atoms with van der Waals surface area (Å²) in [6, 6.07) is 8.17. The molecule has 0 bridgehead atoms. The van der Waals surface area contributed by atoms with E-state index >= 15 is 0 Å². The van der Waals surface area contributed by atoms with Gasteiger partial charge in [0.2, 0.25) is 0 Å². The summed E-state index contributed by atoms with van der Waals surface area (Å²) in [5, 5.41) is 0. The van der Waals surface area contributed by atoms with Gasteiger partial charge in [-0.2, -0.15) is 0 Å². The van der Waals surface area contributed by atoms with Crippen LogP contribution in [0.15, 0.2) is 42.0 Å². The fourth-order valence-electron chi connectivity index (χ4n) is 3.17. The smallest absolute Gasteiger partial charge is 0.338 e. The van der Waals surface area contributed by atoms with Crippen molar-refractivity contribution in [2.45, 2.75) is 52.1 Å². The molecule has 0 saturated carbocycles. The van der Waals surface area contributed by atoms with E-state index in [9.17, 15) is 24.0 Å². The first kappa shape index (κ1) is 24.6. The highest BCUT2D eigenvalue weighted by Gasteiger charge is 2.48. The van der Waals surface area contributed by atoms with Crippen molar-refractivity contribution in [3.05, 3.63) is 47.5 Å². The summed E-state index contributed by atoms with van der Waals surface area (Å²) in [7, 11) is 0. The lowest BCUT2D eigenvalue weighted by atomic mass is 9.89. The summed E-state index contributed by atoms with van der Waals surface area (Å²) in [4.78, 5) is 59.1. The summed E-state index contributed by atoms with van der Waals surface area (Å²) in [6.07, 6.45) is -3.73. The zero-order valence-electron chi connectivity index (χ0n) is 18.1. The van der Waals surface area contributed by atoms with Crippen molar-refractivity contribution < 1.29 is 47.7 Å². The number of hydrogen-bond donors (Lipinski definition) is 0. The Kier molecular flexibility index (Phi) is 8.51. The van der Waals surface area contributed by atoms with Gasteiger partial charge in [0.25, 0.3) is 0 Å². The van der Waals surface area contributed by atoms with E-state index < -0.39 is 54.3 Å². The molecule has 32 heavy (non-hydrogen) atoms. The normalized spacial score (nSPS) is 22.1. The van der Waals surface area contributed by atoms with Crippen molar-refractivity contribution in [2.24, 2.45) is 0 Å². The first-order chi connectivity index (χ1) is 15.1. The highest BCUT2D eigenvalue weighted by Crippen LogP contribution is 2.30. The molecular weight excluding hydrogens is 424 g/mol. The summed E-state index contributed by atoms with van der Waals surface area (Å²) in [5.41, 5.74) is 0.476. The number of carbonyl (C=O) groups is 5. The van der Waals surface area contributed by atoms with E-state index in [-0.39, 0.29) is 12.2 Å². The molecule has 0 aliphatic heterocycles. The molecule has 0 spiro atoms. The van der Waals surface area contributed by atoms with Crippen LogP contribution in [-0.4, -0.2) is 60.9 Å². The Balaban J connectivity index is 2.42. The average molecular weight is 448 g/mol. The predicted molar refractivity (Wildman–Crippen MR) is 107 cm³/mol. The summed E-state index contributed by atoms with van der Waals surface area (Å²) in [5.74, 6) is -3.56. The lowest BCUT2D eigenvalue weighted by Crippen LogP contribution is -2.55. The highest BCUT2D eigenvalue weighted by atomic mass is 16.6. The number of ether oxygens (including phenoxy) is 5. The lowest BCUT2D eigenvalue weighted by molar-refractivity contribution is -0.195. The Morgan fingerprint density at radius 1 is 0.719 bits per heavy atom. The van der Waals surface area contributed by atoms with E-state index in [1.807, 2.05) is 0 Å². The molecule has 172 valence electrons. The van der Waals surface area contributed by atoms with Gasteiger partial charge in [-0.3, -0.25) is 19.2 Å². The monoisotopic (exact) mass is 448 g/mol. The third-order valence-corrected chi connectivity index (χ3v) is 4.27. The third-order valence-electron chi connectivity index (χ3n) is 4.27. The zero-order chi connectivity index (χ0) is 23.8. The van der Waals surface area contributed by atoms with E-state index in [4.69, 9.17) is 23.7 Å². The molecule has 1 aliphatic carbocycles. The van der Waals surface area contributed by atoms with Gasteiger partial charge in [-0.25, -0.2) is 4.79 Å². The van der Waals surface area contributed by atoms with Crippen molar-refractivity contribution in [2.75, 3.05) is 6.61 Å². The van der Waals surface area contributed by atoms with Gasteiger partial charge in [0.15, 0.2) is 24.4 Å². The second-order valence-corrected chi connectivity index (χ2v) is 6.94. The van der Waals surface area contributed by atoms with Crippen LogP contribution >= 0.6 is 0 Å². The summed E-state index contributed by atoms with van der Waals surface area (Å²) < 4.78 is 26.4. The minimum Gasteiger partial charge on any atom is -0.457 e. The number of benzene rings is 1. The first-order valence-electron chi connectivity index (χ1n) is 9.70. The molecule has 1 aromatic carbocycles. The topological polar surface area (TPSA) is 132 Å². The second kappa shape index (κ2) is 11.1. The Labute approximate surface area is 184 Å². The molecule has 0 amide bonds. The highest BCUT2D eigenvalue weighted by molar-refractivity contribution is 5.89. The van der Waals surface area contributed by atoms with E-state index in [0.717, 1.165) is 27.7 Å². The van der Waals surface area contributed by atoms with Crippen LogP contribution in [0.5, 0.6) is 0 Å². The molecule has 0 heterocycles. The van der Waals surface area contributed by atoms with Gasteiger partial charge in [0.05, 0.1) is 5.56 Å². The molecule has 1 aliphatic rings. The quantitative estimate of drug-likeness (QED) is 0.343. The molecule has 0 unspecified atom stereocenters. The van der Waals surface area contributed by atoms with Gasteiger partial charge in [-0.15, -0.1) is 0 Å². The van der Waals surface area contributed by atoms with Gasteiger partial charge >= 0.3 is 29.8 Å². The van der Waals surface area contributed by atoms with Gasteiger partial charge in [-0.1, -0.05) is 18.2 Å². The maximum atomic E-state index is 12.3. The SMILES string of the molecule is CC(=O)O[C@@H]1[C@@H](OC(C)=O)[C@H](OC(C)=O)C(COC(=O)c2ccccc2)=C[C@@H]1OC(C)=O. The molecule has 1 aromatic rings. The van der Waals surface area contributed by atoms with Crippen LogP contribution in [0, 0.1) is 0 Å². The molecule has 0 N–H and O–H groups in total. The van der Waals surface area contributed by atoms with Gasteiger partial charge in [0, 0.05) is 33.3 Å². The van der Waals surface area contributed by atoms with Gasteiger partial charge in [-0.05, 0) is 18.2 Å². The minimum absolute atomic E-state index is 0.186. The maximum absolute atomic E-state index is 12.3. The van der Waals surface area contributed by atoms with Crippen LogP contribution in [0.1, 0.15) is 38.1 Å². The Morgan fingerprint density at radius 3 is 1.78 bits per heavy atom. The van der Waals surface area contributed by atoms with Crippen LogP contribution in [0.4, 0.5) is 0 Å². The minimum atomic E-state index is -1.35. The third kappa shape index (κ3) is 6.93. The predicted octanol–water partition coefficient (Wildman–Crippen LogP) is 1.51. The number of rotatable bonds is 7. The standard InChI is InChI=1S/C22H24O10/c1-12(23)29-18-10-17(11-28-22(27)16-8-6-5-7-9-16)19(30-13(2)24)21(32-15(4)26)20(18)31-14(3)25/h5-10,18-21H,11H2,1-4H3/t18-,19+,20-,21-/m0/s1. The molecule has 10 heteroatoms. The number of hydrogen-bond acceptors (Lipinski definition) is 10. The van der Waals surface area contributed by atoms with Gasteiger partial charge in [0.1, 0.15) is 6.61 Å². The maximum Gasteiger partial charge on any atom is 0.338 e. The molecule has 4 atom stereocenters. The number of esters is 5. The van der Waals surface area contributed by atoms with E-state index in [1.54, 1.807) is 30.3 Å². The van der Waals surface area contributed by atoms with E-state index in [1.165, 1.54) is 6.08 Å². The Bertz CT molecular complexity index is 905. The first-order valence-corrected chi connectivity index (χ1v) is 9.70. The van der Waals surface area contributed by atoms with Crippen molar-refractivity contribution in [1.29, 1.82) is 0 Å². The van der Waals surface area contributed by atoms with Crippen LogP contribution in [0.25, 0.3) is 0 Å². The number of carbonyl (C=O) groups excluding carboxylic acids is 5. The van der Waals surface area contributed by atoms with Gasteiger partial charge < -0.3 is 23.7 Å².